The second-order valence-electron chi connectivity index (χ2n) is 23.6. The Hall–Kier alpha value is -8.58. The monoisotopic (exact) mass is 1510 g/mol. The van der Waals surface area contributed by atoms with E-state index in [1.54, 1.807) is 47.5 Å². The minimum Gasteiger partial charge on any atom is -0.508 e. The zero-order chi connectivity index (χ0) is 74.6. The Morgan fingerprint density at radius 3 is 2.32 bits per heavy atom. The predicted octanol–water partition coefficient (Wildman–Crippen LogP) is -2.34. The number of carbonyl (C=O) groups is 7. The first-order chi connectivity index (χ1) is 49.9. The summed E-state index contributed by atoms with van der Waals surface area (Å²) in [6.45, 7) is -4.57. The van der Waals surface area contributed by atoms with Crippen molar-refractivity contribution >= 4 is 87.6 Å². The van der Waals surface area contributed by atoms with E-state index in [-0.39, 0.29) is 112 Å². The number of anilines is 1. The highest BCUT2D eigenvalue weighted by Crippen LogP contribution is 2.46. The lowest BCUT2D eigenvalue weighted by Crippen LogP contribution is -2.64. The fourth-order valence-corrected chi connectivity index (χ4v) is 13.5. The van der Waals surface area contributed by atoms with E-state index in [9.17, 15) is 88.4 Å². The maximum Gasteiger partial charge on any atom is 0.508 e. The van der Waals surface area contributed by atoms with Crippen molar-refractivity contribution in [3.05, 3.63) is 124 Å². The van der Waals surface area contributed by atoms with E-state index in [1.165, 1.54) is 56.8 Å². The number of amides is 6. The summed E-state index contributed by atoms with van der Waals surface area (Å²) >= 11 is 0. The molecule has 104 heavy (non-hydrogen) atoms. The molecule has 0 radical (unpaired) electrons. The number of aliphatic hydroxyl groups excluding tert-OH is 6. The third-order valence-electron chi connectivity index (χ3n) is 16.4. The van der Waals surface area contributed by atoms with E-state index in [2.05, 4.69) is 35.5 Å². The Balaban J connectivity index is 0.751. The van der Waals surface area contributed by atoms with Crippen LogP contribution >= 0.6 is 29.4 Å². The number of phosphoric ester groups is 1. The Bertz CT molecular complexity index is 4100. The van der Waals surface area contributed by atoms with Crippen LogP contribution in [0.3, 0.4) is 0 Å². The zero-order valence-corrected chi connectivity index (χ0v) is 57.8. The Morgan fingerprint density at radius 2 is 1.57 bits per heavy atom. The van der Waals surface area contributed by atoms with E-state index in [0.717, 1.165) is 20.7 Å². The number of nitrogens with zero attached hydrogens (tertiary/aromatic N) is 6. The minimum absolute atomic E-state index is 0.0144. The Kier molecular flexibility index (Phi) is 29.0. The van der Waals surface area contributed by atoms with Gasteiger partial charge in [0.2, 0.25) is 29.5 Å². The van der Waals surface area contributed by atoms with Crippen molar-refractivity contribution in [2.75, 3.05) is 117 Å². The summed E-state index contributed by atoms with van der Waals surface area (Å²) in [4.78, 5) is 145. The number of nitrogen functional groups attached to an aromatic ring is 1. The number of benzene rings is 3. The van der Waals surface area contributed by atoms with Crippen molar-refractivity contribution in [3.8, 4) is 28.2 Å². The largest absolute Gasteiger partial charge is 0.508 e. The molecule has 3 fully saturated rings. The lowest BCUT2D eigenvalue weighted by atomic mass is 9.90. The average Bonchev–Trinajstić information content (AvgIpc) is 1.08. The third kappa shape index (κ3) is 21.8. The van der Waals surface area contributed by atoms with Gasteiger partial charge in [0.25, 0.3) is 5.91 Å². The normalized spacial score (nSPS) is 20.8. The smallest absolute Gasteiger partial charge is 0.508 e. The molecule has 6 heterocycles. The molecule has 6 amide bonds. The van der Waals surface area contributed by atoms with Crippen LogP contribution in [0.25, 0.3) is 33.4 Å². The first kappa shape index (κ1) is 79.5. The average molecular weight is 1510 g/mol. The summed E-state index contributed by atoms with van der Waals surface area (Å²) in [5.41, 5.74) is 6.51. The van der Waals surface area contributed by atoms with Gasteiger partial charge in [-0.05, 0) is 64.9 Å². The molecule has 562 valence electrons. The molecular formula is C64H77N10O27PS2. The number of nitrogens with one attached hydrogen (secondary N) is 3. The van der Waals surface area contributed by atoms with Crippen LogP contribution in [0.5, 0.6) is 5.75 Å². The number of phosphoric acid groups is 1. The van der Waals surface area contributed by atoms with Crippen LogP contribution in [-0.4, -0.2) is 277 Å². The molecule has 40 heteroatoms. The molecule has 0 spiro atoms. The van der Waals surface area contributed by atoms with Gasteiger partial charge >= 0.3 is 19.5 Å². The highest BCUT2D eigenvalue weighted by Gasteiger charge is 2.49. The standard InChI is InChI=1S/C64H77N10O27PS2/c65-48-12-16-74(64(90)69-48)62-59(87)58(86)47(99-62)33-96-102(91,92)101-100-63(89)46-29-42(78)56(60(98-46)57(85)43(79)32-75)70-50(81)30-68-51(82)31-73(21-23-94-25-24-93-22-15-66-49(80)13-26-103-104-52-7-3-4-14-67-52)54(84)35-95-34-53(83)71-17-19-72(20-18-71)61(88)39-6-2-1-5-38(39)55-40-10-8-36(76)27-44(40)97-45-28-37(77)9-11-41(45)55/h1-12,14,16,27-28,42-43,46-47,56-60,62,75-76,78-79,85-87H,13,15,17-26,29-35H2,(H,66,80)(H,68,82)(H,70,81)(H,91,92)(H2,65,69,90)/t42-,43+,46?,47+,56+,57+,58+,59+,60+,62+/m0/s1. The van der Waals surface area contributed by atoms with E-state index in [0.29, 0.717) is 33.4 Å². The number of aliphatic hydroxyl groups is 6. The van der Waals surface area contributed by atoms with Gasteiger partial charge in [0, 0.05) is 104 Å². The number of phenols is 1. The summed E-state index contributed by atoms with van der Waals surface area (Å²) < 4.78 is 56.5. The van der Waals surface area contributed by atoms with Crippen LogP contribution in [0, 0.1) is 0 Å². The van der Waals surface area contributed by atoms with Crippen LogP contribution in [0.15, 0.2) is 116 Å². The van der Waals surface area contributed by atoms with Crippen molar-refractivity contribution < 1.29 is 121 Å². The third-order valence-corrected chi connectivity index (χ3v) is 19.4. The number of nitrogens with two attached hydrogens (primary N) is 1. The molecule has 2 aromatic heterocycles. The SMILES string of the molecule is Nc1ccn([C@@H]2O[C@H](COP(=O)(O)OOC(=O)C3C[C@H](O)[C@@H](NC(=O)CNC(=O)CN(CCOCCOCCNC(=O)CCSSc4ccccn4)C(=O)COCC(=O)N4CCN(C(=O)c5ccccc5-c5c6ccc(=O)cc-6oc6cc(O)ccc56)CC4)[C@H]([C@H](O)[C@H](O)CO)O3)[C@@H](O)[C@H]2O)c(=O)n1. The molecule has 2 aromatic carbocycles. The summed E-state index contributed by atoms with van der Waals surface area (Å²) in [6, 6.07) is 20.8. The van der Waals surface area contributed by atoms with E-state index in [1.807, 2.05) is 18.2 Å². The van der Waals surface area contributed by atoms with Crippen LogP contribution in [-0.2, 0) is 71.1 Å². The number of hydrogen-bond donors (Lipinski definition) is 12. The molecule has 37 nitrogen and oxygen atoms in total. The molecule has 3 saturated heterocycles. The van der Waals surface area contributed by atoms with E-state index in [4.69, 9.17) is 38.4 Å². The van der Waals surface area contributed by atoms with Gasteiger partial charge in [0.1, 0.15) is 77.8 Å². The highest BCUT2D eigenvalue weighted by atomic mass is 33.1. The van der Waals surface area contributed by atoms with Crippen molar-refractivity contribution in [1.82, 2.24) is 45.2 Å². The predicted molar refractivity (Wildman–Crippen MR) is 363 cm³/mol. The second-order valence-corrected chi connectivity index (χ2v) is 27.4. The number of ether oxygens (including phenoxy) is 5. The van der Waals surface area contributed by atoms with E-state index >= 15 is 0 Å². The highest BCUT2D eigenvalue weighted by molar-refractivity contribution is 8.76. The van der Waals surface area contributed by atoms with Gasteiger partial charge in [0.05, 0.1) is 64.9 Å². The lowest BCUT2D eigenvalue weighted by molar-refractivity contribution is -0.249. The molecule has 9 rings (SSSR count). The fourth-order valence-electron chi connectivity index (χ4n) is 11.1. The molecule has 5 aliphatic rings. The molecule has 4 aromatic rings. The summed E-state index contributed by atoms with van der Waals surface area (Å²) in [6.07, 6.45) is -14.5. The Labute approximate surface area is 598 Å². The van der Waals surface area contributed by atoms with Crippen LogP contribution in [0.4, 0.5) is 5.82 Å². The molecular weight excluding hydrogens is 1440 g/mol. The molecule has 1 aliphatic carbocycles. The van der Waals surface area contributed by atoms with Crippen LogP contribution < -0.4 is 32.8 Å². The molecule has 13 N–H and O–H groups in total. The summed E-state index contributed by atoms with van der Waals surface area (Å²) in [5, 5.41) is 82.4. The first-order valence-corrected chi connectivity index (χ1v) is 36.1. The summed E-state index contributed by atoms with van der Waals surface area (Å²) in [7, 11) is -2.48. The molecule has 11 atom stereocenters. The number of fused-ring (bicyclic) bond motifs is 2. The maximum atomic E-state index is 14.4. The molecule has 0 bridgehead atoms. The van der Waals surface area contributed by atoms with Crippen molar-refractivity contribution in [3.63, 3.8) is 0 Å². The van der Waals surface area contributed by atoms with Gasteiger partial charge in [-0.25, -0.2) is 19.1 Å². The molecule has 0 saturated carbocycles. The summed E-state index contributed by atoms with van der Waals surface area (Å²) in [5.74, 6) is -4.91. The van der Waals surface area contributed by atoms with Gasteiger partial charge in [-0.2, -0.15) is 4.98 Å². The quantitative estimate of drug-likeness (QED) is 0.00495. The number of hydrogen-bond acceptors (Lipinski definition) is 31. The number of aromatic hydroxyl groups is 1. The molecule has 2 unspecified atom stereocenters. The second kappa shape index (κ2) is 37.9. The number of rotatable bonds is 35. The lowest BCUT2D eigenvalue weighted by Gasteiger charge is -2.41. The number of piperazine rings is 1. The number of aromatic nitrogens is 3. The van der Waals surface area contributed by atoms with Gasteiger partial charge in [-0.15, -0.1) is 0 Å². The first-order valence-electron chi connectivity index (χ1n) is 32.3. The number of phenolic OH excluding ortho intramolecular Hbond substituents is 1. The van der Waals surface area contributed by atoms with Crippen molar-refractivity contribution in [2.24, 2.45) is 0 Å². The Morgan fingerprint density at radius 1 is 0.817 bits per heavy atom. The maximum absolute atomic E-state index is 14.4. The topological polar surface area (TPSA) is 522 Å². The van der Waals surface area contributed by atoms with Crippen LogP contribution in [0.2, 0.25) is 0 Å². The number of pyridine rings is 1. The van der Waals surface area contributed by atoms with Gasteiger partial charge in [-0.3, -0.25) is 47.5 Å². The molecule has 4 aliphatic heterocycles. The van der Waals surface area contributed by atoms with E-state index < -0.39 is 150 Å². The van der Waals surface area contributed by atoms with Gasteiger partial charge in [0.15, 0.2) is 17.8 Å². The fraction of sp³-hybridized carbons (Fsp3) is 0.453. The zero-order valence-electron chi connectivity index (χ0n) is 55.3. The van der Waals surface area contributed by atoms with Crippen molar-refractivity contribution in [1.29, 1.82) is 0 Å². The van der Waals surface area contributed by atoms with Gasteiger partial charge < -0.3 is 105 Å². The van der Waals surface area contributed by atoms with Crippen molar-refractivity contribution in [2.45, 2.75) is 79.0 Å². The minimum atomic E-state index is -5.43. The van der Waals surface area contributed by atoms with Gasteiger partial charge in [-0.1, -0.05) is 39.7 Å². The number of carbonyl (C=O) groups excluding carboxylic acids is 7. The van der Waals surface area contributed by atoms with Crippen LogP contribution in [0.1, 0.15) is 29.4 Å².